The lowest BCUT2D eigenvalue weighted by molar-refractivity contribution is 1.40. The maximum absolute atomic E-state index is 9.11. The smallest absolute Gasteiger partial charge is 0.101 e. The Morgan fingerprint density at radius 3 is 2.56 bits per heavy atom. The molecule has 2 aromatic carbocycles. The summed E-state index contributed by atoms with van der Waals surface area (Å²) in [6.45, 7) is 1.96. The van der Waals surface area contributed by atoms with Crippen LogP contribution in [0.4, 0.5) is 11.4 Å². The van der Waals surface area contributed by atoms with Crippen LogP contribution >= 0.6 is 27.5 Å². The molecular formula is C14H10BrClN2. The van der Waals surface area contributed by atoms with E-state index in [-0.39, 0.29) is 0 Å². The van der Waals surface area contributed by atoms with E-state index in [1.807, 2.05) is 37.3 Å². The third-order valence-electron chi connectivity index (χ3n) is 2.50. The van der Waals surface area contributed by atoms with Crippen molar-refractivity contribution in [3.8, 4) is 6.07 Å². The zero-order valence-electron chi connectivity index (χ0n) is 9.67. The number of nitrogens with zero attached hydrogens (tertiary/aromatic N) is 1. The molecule has 0 spiro atoms. The van der Waals surface area contributed by atoms with Gasteiger partial charge in [0.1, 0.15) is 6.07 Å². The molecule has 0 aromatic heterocycles. The van der Waals surface area contributed by atoms with E-state index < -0.39 is 0 Å². The van der Waals surface area contributed by atoms with Gasteiger partial charge >= 0.3 is 0 Å². The summed E-state index contributed by atoms with van der Waals surface area (Å²) < 4.78 is 0.861. The molecule has 90 valence electrons. The zero-order chi connectivity index (χ0) is 13.1. The van der Waals surface area contributed by atoms with Gasteiger partial charge in [0.15, 0.2) is 0 Å². The molecule has 0 aliphatic carbocycles. The summed E-state index contributed by atoms with van der Waals surface area (Å²) in [6, 6.07) is 13.4. The Labute approximate surface area is 119 Å². The van der Waals surface area contributed by atoms with Gasteiger partial charge in [-0.25, -0.2) is 0 Å². The fourth-order valence-electron chi connectivity index (χ4n) is 1.60. The number of aryl methyl sites for hydroxylation is 1. The average molecular weight is 322 g/mol. The molecule has 0 unspecified atom stereocenters. The third kappa shape index (κ3) is 2.84. The normalized spacial score (nSPS) is 9.89. The van der Waals surface area contributed by atoms with Crippen LogP contribution in [-0.4, -0.2) is 0 Å². The lowest BCUT2D eigenvalue weighted by Crippen LogP contribution is -1.95. The number of hydrogen-bond donors (Lipinski definition) is 1. The molecule has 2 rings (SSSR count). The van der Waals surface area contributed by atoms with Gasteiger partial charge in [0.25, 0.3) is 0 Å². The highest BCUT2D eigenvalue weighted by Gasteiger charge is 2.05. The Kier molecular flexibility index (Phi) is 3.90. The van der Waals surface area contributed by atoms with Gasteiger partial charge in [-0.15, -0.1) is 0 Å². The van der Waals surface area contributed by atoms with Crippen molar-refractivity contribution in [1.82, 2.24) is 0 Å². The lowest BCUT2D eigenvalue weighted by Gasteiger charge is -2.10. The van der Waals surface area contributed by atoms with Gasteiger partial charge in [0, 0.05) is 9.50 Å². The first-order valence-corrected chi connectivity index (χ1v) is 6.50. The highest BCUT2D eigenvalue weighted by Crippen LogP contribution is 2.30. The number of rotatable bonds is 2. The number of benzene rings is 2. The quantitative estimate of drug-likeness (QED) is 0.842. The second-order valence-corrected chi connectivity index (χ2v) is 5.20. The monoisotopic (exact) mass is 320 g/mol. The molecule has 4 heteroatoms. The highest BCUT2D eigenvalue weighted by atomic mass is 79.9. The maximum atomic E-state index is 9.11. The van der Waals surface area contributed by atoms with Crippen LogP contribution in [0.5, 0.6) is 0 Å². The molecular weight excluding hydrogens is 312 g/mol. The highest BCUT2D eigenvalue weighted by molar-refractivity contribution is 9.10. The summed E-state index contributed by atoms with van der Waals surface area (Å²) in [5.74, 6) is 0. The molecule has 1 N–H and O–H groups in total. The lowest BCUT2D eigenvalue weighted by atomic mass is 10.1. The zero-order valence-corrected chi connectivity index (χ0v) is 12.0. The van der Waals surface area contributed by atoms with Crippen LogP contribution in [0.3, 0.4) is 0 Å². The van der Waals surface area contributed by atoms with Crippen molar-refractivity contribution in [2.45, 2.75) is 6.92 Å². The summed E-state index contributed by atoms with van der Waals surface area (Å²) in [5, 5.41) is 13.0. The van der Waals surface area contributed by atoms with Crippen LogP contribution in [0.1, 0.15) is 11.1 Å². The summed E-state index contributed by atoms with van der Waals surface area (Å²) >= 11 is 9.32. The van der Waals surface area contributed by atoms with Crippen molar-refractivity contribution in [1.29, 1.82) is 5.26 Å². The number of nitrogens with one attached hydrogen (secondary N) is 1. The van der Waals surface area contributed by atoms with Crippen molar-refractivity contribution in [2.24, 2.45) is 0 Å². The molecule has 0 radical (unpaired) electrons. The van der Waals surface area contributed by atoms with E-state index in [9.17, 15) is 0 Å². The van der Waals surface area contributed by atoms with Crippen LogP contribution in [0, 0.1) is 18.3 Å². The molecule has 18 heavy (non-hydrogen) atoms. The molecule has 2 nitrogen and oxygen atoms in total. The summed E-state index contributed by atoms with van der Waals surface area (Å²) in [6.07, 6.45) is 0. The Morgan fingerprint density at radius 2 is 1.89 bits per heavy atom. The molecule has 0 amide bonds. The Hall–Kier alpha value is -1.50. The molecule has 2 aromatic rings. The first-order valence-electron chi connectivity index (χ1n) is 5.33. The van der Waals surface area contributed by atoms with Gasteiger partial charge in [-0.2, -0.15) is 5.26 Å². The van der Waals surface area contributed by atoms with Gasteiger partial charge in [0.05, 0.1) is 16.9 Å². The fraction of sp³-hybridized carbons (Fsp3) is 0.0714. The Balaban J connectivity index is 2.37. The van der Waals surface area contributed by atoms with Gasteiger partial charge in [-0.3, -0.25) is 0 Å². The van der Waals surface area contributed by atoms with Crippen LogP contribution < -0.4 is 5.32 Å². The number of halogens is 2. The molecule has 0 saturated carbocycles. The Bertz CT molecular complexity index is 632. The third-order valence-corrected chi connectivity index (χ3v) is 3.39. The second-order valence-electron chi connectivity index (χ2n) is 3.91. The largest absolute Gasteiger partial charge is 0.354 e. The molecule has 0 aliphatic heterocycles. The van der Waals surface area contributed by atoms with Crippen LogP contribution in [-0.2, 0) is 0 Å². The van der Waals surface area contributed by atoms with E-state index in [0.717, 1.165) is 21.4 Å². The predicted octanol–water partition coefficient (Wildman–Crippen LogP) is 5.03. The van der Waals surface area contributed by atoms with Gasteiger partial charge in [0.2, 0.25) is 0 Å². The van der Waals surface area contributed by atoms with Crippen LogP contribution in [0.15, 0.2) is 40.9 Å². The first kappa shape index (κ1) is 12.9. The second kappa shape index (κ2) is 5.43. The minimum Gasteiger partial charge on any atom is -0.354 e. The predicted molar refractivity (Wildman–Crippen MR) is 78.3 cm³/mol. The molecule has 0 fully saturated rings. The topological polar surface area (TPSA) is 35.8 Å². The molecule has 0 aliphatic rings. The van der Waals surface area contributed by atoms with E-state index in [1.165, 1.54) is 0 Å². The molecule has 0 atom stereocenters. The van der Waals surface area contributed by atoms with E-state index in [0.29, 0.717) is 10.6 Å². The minimum absolute atomic E-state index is 0.622. The van der Waals surface area contributed by atoms with E-state index in [1.54, 1.807) is 6.07 Å². The number of anilines is 2. The summed E-state index contributed by atoms with van der Waals surface area (Å²) in [4.78, 5) is 0. The number of hydrogen-bond acceptors (Lipinski definition) is 2. The van der Waals surface area contributed by atoms with Crippen molar-refractivity contribution >= 4 is 38.9 Å². The van der Waals surface area contributed by atoms with E-state index in [4.69, 9.17) is 16.9 Å². The van der Waals surface area contributed by atoms with Crippen molar-refractivity contribution in [2.75, 3.05) is 5.32 Å². The minimum atomic E-state index is 0.622. The SMILES string of the molecule is Cc1ccc(Nc2ccc(Cl)cc2Br)c(C#N)c1. The van der Waals surface area contributed by atoms with Crippen LogP contribution in [0.25, 0.3) is 0 Å². The first-order chi connectivity index (χ1) is 8.60. The molecule has 0 bridgehead atoms. The Morgan fingerprint density at radius 1 is 1.17 bits per heavy atom. The summed E-state index contributed by atoms with van der Waals surface area (Å²) in [7, 11) is 0. The standard InChI is InChI=1S/C14H10BrClN2/c1-9-2-4-13(10(6-9)8-17)18-14-5-3-11(16)7-12(14)15/h2-7,18H,1H3. The average Bonchev–Trinajstić information content (AvgIpc) is 2.34. The van der Waals surface area contributed by atoms with Gasteiger partial charge < -0.3 is 5.32 Å². The molecule has 0 heterocycles. The fourth-order valence-corrected chi connectivity index (χ4v) is 2.38. The maximum Gasteiger partial charge on any atom is 0.101 e. The van der Waals surface area contributed by atoms with Gasteiger partial charge in [-0.1, -0.05) is 17.7 Å². The van der Waals surface area contributed by atoms with E-state index >= 15 is 0 Å². The van der Waals surface area contributed by atoms with Crippen molar-refractivity contribution in [3.05, 3.63) is 57.0 Å². The van der Waals surface area contributed by atoms with Crippen molar-refractivity contribution in [3.63, 3.8) is 0 Å². The summed E-state index contributed by atoms with van der Waals surface area (Å²) in [5.41, 5.74) is 3.34. The molecule has 0 saturated heterocycles. The van der Waals surface area contributed by atoms with E-state index in [2.05, 4.69) is 27.3 Å². The van der Waals surface area contributed by atoms with Crippen LogP contribution in [0.2, 0.25) is 5.02 Å². The van der Waals surface area contributed by atoms with Gasteiger partial charge in [-0.05, 0) is 58.7 Å². The number of nitriles is 1. The van der Waals surface area contributed by atoms with Crippen molar-refractivity contribution < 1.29 is 0 Å².